The predicted molar refractivity (Wildman–Crippen MR) is 87.7 cm³/mol. The summed E-state index contributed by atoms with van der Waals surface area (Å²) in [7, 11) is 3.69. The van der Waals surface area contributed by atoms with E-state index >= 15 is 0 Å². The minimum atomic E-state index is -0.304. The van der Waals surface area contributed by atoms with Gasteiger partial charge in [0.2, 0.25) is 0 Å². The first kappa shape index (κ1) is 15.4. The second kappa shape index (κ2) is 8.35. The topological polar surface area (TPSA) is 26.3 Å². The molecule has 0 saturated carbocycles. The molecule has 2 nitrogen and oxygen atoms in total. The molecule has 0 bridgehead atoms. The summed E-state index contributed by atoms with van der Waals surface area (Å²) >= 11 is 0. The van der Waals surface area contributed by atoms with Crippen LogP contribution in [0, 0.1) is 0 Å². The molecule has 2 aromatic rings. The van der Waals surface area contributed by atoms with Crippen molar-refractivity contribution in [3.63, 3.8) is 0 Å². The molecule has 0 N–H and O–H groups in total. The summed E-state index contributed by atoms with van der Waals surface area (Å²) in [4.78, 5) is 11.9. The van der Waals surface area contributed by atoms with Crippen LogP contribution < -0.4 is 0 Å². The van der Waals surface area contributed by atoms with Crippen molar-refractivity contribution in [1.82, 2.24) is 0 Å². The molecule has 2 aromatic carbocycles. The van der Waals surface area contributed by atoms with E-state index in [-0.39, 0.29) is 11.7 Å². The van der Waals surface area contributed by atoms with Crippen LogP contribution in [-0.4, -0.2) is 20.7 Å². The Labute approximate surface area is 128 Å². The van der Waals surface area contributed by atoms with Crippen LogP contribution in [0.5, 0.6) is 0 Å². The van der Waals surface area contributed by atoms with E-state index in [9.17, 15) is 4.79 Å². The normalized spacial score (nSPS) is 11.9. The van der Waals surface area contributed by atoms with Gasteiger partial charge in [-0.25, -0.2) is 0 Å². The van der Waals surface area contributed by atoms with E-state index < -0.39 is 0 Å². The number of aryl methyl sites for hydroxylation is 1. The van der Waals surface area contributed by atoms with Crippen LogP contribution in [0.15, 0.2) is 60.7 Å². The number of carbonyl (C=O) groups excluding carboxylic acids is 1. The van der Waals surface area contributed by atoms with Crippen LogP contribution in [0.3, 0.4) is 0 Å². The standard InChI is InChI=1S/C17H18B2O2/c1-18-16(13-12-14-8-4-2-5-9-14)19-21-17(20)15-10-6-3-7-11-15/h2-11,16H,12-13H2,1H3/q-2. The molecule has 0 aliphatic carbocycles. The van der Waals surface area contributed by atoms with Crippen molar-refractivity contribution in [3.8, 4) is 0 Å². The fraction of sp³-hybridized carbons (Fsp3) is 0.235. The first-order chi connectivity index (χ1) is 10.3. The van der Waals surface area contributed by atoms with E-state index in [4.69, 9.17) is 4.65 Å². The summed E-state index contributed by atoms with van der Waals surface area (Å²) in [5, 5.41) is 0. The van der Waals surface area contributed by atoms with Crippen LogP contribution in [0.4, 0.5) is 0 Å². The van der Waals surface area contributed by atoms with Gasteiger partial charge in [-0.3, -0.25) is 11.6 Å². The summed E-state index contributed by atoms with van der Waals surface area (Å²) in [5.41, 5.74) is 2.04. The van der Waals surface area contributed by atoms with Gasteiger partial charge in [0.15, 0.2) is 0 Å². The van der Waals surface area contributed by atoms with E-state index in [1.807, 2.05) is 43.2 Å². The highest BCUT2D eigenvalue weighted by molar-refractivity contribution is 6.55. The lowest BCUT2D eigenvalue weighted by molar-refractivity contribution is 0.0740. The molecular weight excluding hydrogens is 258 g/mol. The van der Waals surface area contributed by atoms with Crippen molar-refractivity contribution in [2.24, 2.45) is 0 Å². The maximum atomic E-state index is 11.9. The zero-order valence-electron chi connectivity index (χ0n) is 12.2. The maximum absolute atomic E-state index is 11.9. The van der Waals surface area contributed by atoms with Crippen molar-refractivity contribution >= 4 is 20.7 Å². The Morgan fingerprint density at radius 3 is 2.29 bits per heavy atom. The van der Waals surface area contributed by atoms with Gasteiger partial charge in [-0.2, -0.15) is 0 Å². The summed E-state index contributed by atoms with van der Waals surface area (Å²) in [6.45, 7) is 1.99. The number of hydrogen-bond acceptors (Lipinski definition) is 2. The minimum absolute atomic E-state index is 0.165. The fourth-order valence-electron chi connectivity index (χ4n) is 2.08. The average molecular weight is 276 g/mol. The van der Waals surface area contributed by atoms with Gasteiger partial charge in [0.05, 0.1) is 5.56 Å². The van der Waals surface area contributed by atoms with Gasteiger partial charge in [0.25, 0.3) is 5.97 Å². The summed E-state index contributed by atoms with van der Waals surface area (Å²) in [6.07, 6.45) is 1.90. The van der Waals surface area contributed by atoms with Gasteiger partial charge in [0, 0.05) is 0 Å². The molecule has 106 valence electrons. The van der Waals surface area contributed by atoms with Gasteiger partial charge >= 0.3 is 0 Å². The lowest BCUT2D eigenvalue weighted by Gasteiger charge is -2.38. The molecule has 4 radical (unpaired) electrons. The predicted octanol–water partition coefficient (Wildman–Crippen LogP) is 3.59. The molecule has 0 spiro atoms. The molecule has 4 heteroatoms. The molecule has 21 heavy (non-hydrogen) atoms. The van der Waals surface area contributed by atoms with Crippen LogP contribution in [0.2, 0.25) is 12.5 Å². The minimum Gasteiger partial charge on any atom is -0.753 e. The van der Waals surface area contributed by atoms with Gasteiger partial charge in [-0.05, 0) is 24.1 Å². The molecule has 0 aliphatic rings. The molecule has 0 amide bonds. The molecule has 1 unspecified atom stereocenters. The van der Waals surface area contributed by atoms with Gasteiger partial charge in [-0.15, -0.1) is 13.9 Å². The van der Waals surface area contributed by atoms with Crippen molar-refractivity contribution < 1.29 is 9.45 Å². The Morgan fingerprint density at radius 1 is 1.05 bits per heavy atom. The quantitative estimate of drug-likeness (QED) is 0.722. The first-order valence-corrected chi connectivity index (χ1v) is 7.22. The van der Waals surface area contributed by atoms with Crippen molar-refractivity contribution in [3.05, 3.63) is 71.8 Å². The molecule has 0 saturated heterocycles. The largest absolute Gasteiger partial charge is 0.753 e. The first-order valence-electron chi connectivity index (χ1n) is 7.22. The zero-order chi connectivity index (χ0) is 14.9. The number of carbonyl (C=O) groups is 1. The van der Waals surface area contributed by atoms with Gasteiger partial charge in [0.1, 0.15) is 0 Å². The molecule has 0 heterocycles. The highest BCUT2D eigenvalue weighted by Crippen LogP contribution is 2.14. The third-order valence-electron chi connectivity index (χ3n) is 3.40. The van der Waals surface area contributed by atoms with Gasteiger partial charge in [-0.1, -0.05) is 48.5 Å². The van der Waals surface area contributed by atoms with Crippen molar-refractivity contribution in [2.75, 3.05) is 0 Å². The van der Waals surface area contributed by atoms with E-state index in [1.54, 1.807) is 19.6 Å². The van der Waals surface area contributed by atoms with E-state index in [0.717, 1.165) is 12.8 Å². The zero-order valence-corrected chi connectivity index (χ0v) is 12.2. The highest BCUT2D eigenvalue weighted by atomic mass is 16.5. The Kier molecular flexibility index (Phi) is 6.14. The van der Waals surface area contributed by atoms with Crippen LogP contribution in [-0.2, 0) is 11.1 Å². The summed E-state index contributed by atoms with van der Waals surface area (Å²) < 4.78 is 5.27. The maximum Gasteiger partial charge on any atom is 0.285 e. The van der Waals surface area contributed by atoms with Crippen molar-refractivity contribution in [2.45, 2.75) is 25.4 Å². The second-order valence-corrected chi connectivity index (χ2v) is 4.93. The van der Waals surface area contributed by atoms with Crippen LogP contribution in [0.1, 0.15) is 22.3 Å². The lowest BCUT2D eigenvalue weighted by atomic mass is 9.51. The Balaban J connectivity index is 1.79. The molecule has 2 rings (SSSR count). The molecule has 0 aromatic heterocycles. The van der Waals surface area contributed by atoms with E-state index in [1.165, 1.54) is 5.56 Å². The van der Waals surface area contributed by atoms with E-state index in [0.29, 0.717) is 5.56 Å². The third kappa shape index (κ3) is 5.14. The second-order valence-electron chi connectivity index (χ2n) is 4.93. The smallest absolute Gasteiger partial charge is 0.285 e. The fourth-order valence-corrected chi connectivity index (χ4v) is 2.08. The SMILES string of the molecule is C[B-]C([B-]OC(=O)c1ccccc1)CCc1ccccc1. The van der Waals surface area contributed by atoms with Crippen molar-refractivity contribution in [1.29, 1.82) is 0 Å². The van der Waals surface area contributed by atoms with E-state index in [2.05, 4.69) is 19.4 Å². The highest BCUT2D eigenvalue weighted by Gasteiger charge is 1.99. The van der Waals surface area contributed by atoms with Gasteiger partial charge < -0.3 is 17.7 Å². The molecule has 0 fully saturated rings. The molecule has 0 aliphatic heterocycles. The Hall–Kier alpha value is -1.96. The number of hydrogen-bond donors (Lipinski definition) is 0. The third-order valence-corrected chi connectivity index (χ3v) is 3.40. The summed E-state index contributed by atoms with van der Waals surface area (Å²) in [6, 6.07) is 19.4. The number of rotatable bonds is 7. The summed E-state index contributed by atoms with van der Waals surface area (Å²) in [5.74, 6) is -0.304. The lowest BCUT2D eigenvalue weighted by Crippen LogP contribution is -2.18. The Morgan fingerprint density at radius 2 is 1.67 bits per heavy atom. The monoisotopic (exact) mass is 276 g/mol. The number of benzene rings is 2. The van der Waals surface area contributed by atoms with Crippen LogP contribution >= 0.6 is 0 Å². The molecular formula is C17H18B2O2-2. The average Bonchev–Trinajstić information content (AvgIpc) is 2.56. The van der Waals surface area contributed by atoms with Crippen LogP contribution in [0.25, 0.3) is 0 Å². The Bertz CT molecular complexity index is 543. The molecule has 1 atom stereocenters.